The molecule has 0 unspecified atom stereocenters. The van der Waals surface area contributed by atoms with Crippen molar-refractivity contribution in [1.82, 2.24) is 4.57 Å². The predicted octanol–water partition coefficient (Wildman–Crippen LogP) is 8.45. The van der Waals surface area contributed by atoms with Crippen molar-refractivity contribution in [2.45, 2.75) is 26.2 Å². The molecular formula is C28H23NS. The van der Waals surface area contributed by atoms with Gasteiger partial charge in [-0.25, -0.2) is 0 Å². The number of hydrogen-bond donors (Lipinski definition) is 0. The van der Waals surface area contributed by atoms with Gasteiger partial charge in [0.15, 0.2) is 0 Å². The highest BCUT2D eigenvalue weighted by molar-refractivity contribution is 7.25. The Bertz CT molecular complexity index is 1560. The van der Waals surface area contributed by atoms with Crippen molar-refractivity contribution in [3.05, 3.63) is 90.5 Å². The molecule has 6 rings (SSSR count). The highest BCUT2D eigenvalue weighted by atomic mass is 32.1. The average Bonchev–Trinajstić information content (AvgIpc) is 3.26. The van der Waals surface area contributed by atoms with Crippen LogP contribution in [0.4, 0.5) is 0 Å². The van der Waals surface area contributed by atoms with Crippen LogP contribution in [0.3, 0.4) is 0 Å². The monoisotopic (exact) mass is 405 g/mol. The number of rotatable bonds is 1. The van der Waals surface area contributed by atoms with Gasteiger partial charge in [-0.1, -0.05) is 63.2 Å². The molecule has 0 aliphatic carbocycles. The first-order valence-corrected chi connectivity index (χ1v) is 11.3. The molecule has 6 aromatic rings. The number of thiophene rings is 1. The van der Waals surface area contributed by atoms with Crippen LogP contribution in [-0.2, 0) is 5.41 Å². The summed E-state index contributed by atoms with van der Waals surface area (Å²) in [7, 11) is 0. The Morgan fingerprint density at radius 3 is 2.13 bits per heavy atom. The number of para-hydroxylation sites is 2. The lowest BCUT2D eigenvalue weighted by Gasteiger charge is -2.18. The van der Waals surface area contributed by atoms with Gasteiger partial charge < -0.3 is 4.57 Å². The van der Waals surface area contributed by atoms with Crippen LogP contribution in [0.25, 0.3) is 47.7 Å². The second kappa shape index (κ2) is 6.20. The normalized spacial score (nSPS) is 12.5. The largest absolute Gasteiger partial charge is 0.309 e. The fraction of sp³-hybridized carbons (Fsp3) is 0.143. The molecule has 0 saturated heterocycles. The van der Waals surface area contributed by atoms with Gasteiger partial charge in [0.05, 0.1) is 11.0 Å². The van der Waals surface area contributed by atoms with E-state index in [9.17, 15) is 0 Å². The third-order valence-corrected chi connectivity index (χ3v) is 7.28. The highest BCUT2D eigenvalue weighted by Crippen LogP contribution is 2.41. The quantitative estimate of drug-likeness (QED) is 0.258. The van der Waals surface area contributed by atoms with Crippen LogP contribution in [0.5, 0.6) is 0 Å². The van der Waals surface area contributed by atoms with E-state index in [2.05, 4.69) is 110 Å². The molecule has 0 amide bonds. The van der Waals surface area contributed by atoms with Crippen molar-refractivity contribution in [2.75, 3.05) is 0 Å². The van der Waals surface area contributed by atoms with Crippen LogP contribution in [0.1, 0.15) is 26.3 Å². The number of hydrogen-bond acceptors (Lipinski definition) is 1. The molecule has 0 spiro atoms. The SMILES string of the molecule is CC(C)(C)c1ccc2sc3cc4c(cc3c2c1)c1ccccc1n4-c1ccccc1. The lowest BCUT2D eigenvalue weighted by molar-refractivity contribution is 0.591. The van der Waals surface area contributed by atoms with Gasteiger partial charge in [0.2, 0.25) is 0 Å². The van der Waals surface area contributed by atoms with Gasteiger partial charge in [0.25, 0.3) is 0 Å². The molecule has 2 heterocycles. The Labute approximate surface area is 180 Å². The van der Waals surface area contributed by atoms with Crippen molar-refractivity contribution in [3.63, 3.8) is 0 Å². The van der Waals surface area contributed by atoms with Gasteiger partial charge in [0.1, 0.15) is 0 Å². The van der Waals surface area contributed by atoms with Crippen molar-refractivity contribution >= 4 is 53.3 Å². The third-order valence-electron chi connectivity index (χ3n) is 6.14. The fourth-order valence-corrected chi connectivity index (χ4v) is 5.66. The maximum atomic E-state index is 2.41. The first kappa shape index (κ1) is 17.7. The number of benzene rings is 4. The minimum Gasteiger partial charge on any atom is -0.309 e. The van der Waals surface area contributed by atoms with Crippen LogP contribution in [0.2, 0.25) is 0 Å². The van der Waals surface area contributed by atoms with Crippen LogP contribution >= 0.6 is 11.3 Å². The Kier molecular flexibility index (Phi) is 3.66. The van der Waals surface area contributed by atoms with Gasteiger partial charge in [-0.2, -0.15) is 0 Å². The zero-order valence-corrected chi connectivity index (χ0v) is 18.3. The zero-order valence-electron chi connectivity index (χ0n) is 17.4. The number of fused-ring (bicyclic) bond motifs is 6. The second-order valence-electron chi connectivity index (χ2n) is 9.12. The van der Waals surface area contributed by atoms with E-state index in [0.29, 0.717) is 0 Å². The van der Waals surface area contributed by atoms with E-state index in [1.807, 2.05) is 11.3 Å². The molecule has 0 aliphatic heterocycles. The molecular weight excluding hydrogens is 382 g/mol. The van der Waals surface area contributed by atoms with Crippen molar-refractivity contribution in [2.24, 2.45) is 0 Å². The van der Waals surface area contributed by atoms with Crippen LogP contribution < -0.4 is 0 Å². The van der Waals surface area contributed by atoms with Crippen LogP contribution in [0.15, 0.2) is 84.9 Å². The van der Waals surface area contributed by atoms with Gasteiger partial charge in [-0.15, -0.1) is 11.3 Å². The van der Waals surface area contributed by atoms with E-state index >= 15 is 0 Å². The number of aromatic nitrogens is 1. The lowest BCUT2D eigenvalue weighted by Crippen LogP contribution is -2.10. The molecule has 146 valence electrons. The molecule has 4 aromatic carbocycles. The van der Waals surface area contributed by atoms with Crippen molar-refractivity contribution in [1.29, 1.82) is 0 Å². The molecule has 0 radical (unpaired) electrons. The van der Waals surface area contributed by atoms with E-state index in [1.54, 1.807) is 0 Å². The maximum Gasteiger partial charge on any atom is 0.0555 e. The minimum atomic E-state index is 0.149. The maximum absolute atomic E-state index is 2.41. The zero-order chi connectivity index (χ0) is 20.5. The van der Waals surface area contributed by atoms with Gasteiger partial charge in [0, 0.05) is 36.6 Å². The Morgan fingerprint density at radius 1 is 0.600 bits per heavy atom. The Hall–Kier alpha value is -3.10. The highest BCUT2D eigenvalue weighted by Gasteiger charge is 2.18. The summed E-state index contributed by atoms with van der Waals surface area (Å²) in [4.78, 5) is 0. The summed E-state index contributed by atoms with van der Waals surface area (Å²) in [5, 5.41) is 5.37. The molecule has 0 N–H and O–H groups in total. The summed E-state index contributed by atoms with van der Waals surface area (Å²) < 4.78 is 5.11. The Morgan fingerprint density at radius 2 is 1.33 bits per heavy atom. The summed E-state index contributed by atoms with van der Waals surface area (Å²) in [6.07, 6.45) is 0. The summed E-state index contributed by atoms with van der Waals surface area (Å²) in [5.74, 6) is 0. The molecule has 0 aliphatic rings. The van der Waals surface area contributed by atoms with Crippen molar-refractivity contribution < 1.29 is 0 Å². The summed E-state index contributed by atoms with van der Waals surface area (Å²) >= 11 is 1.90. The van der Waals surface area contributed by atoms with Gasteiger partial charge in [-0.3, -0.25) is 0 Å². The van der Waals surface area contributed by atoms with Crippen LogP contribution in [0, 0.1) is 0 Å². The summed E-state index contributed by atoms with van der Waals surface area (Å²) in [5.41, 5.74) is 5.28. The van der Waals surface area contributed by atoms with Gasteiger partial charge >= 0.3 is 0 Å². The molecule has 2 heteroatoms. The fourth-order valence-electron chi connectivity index (χ4n) is 4.56. The molecule has 0 bridgehead atoms. The molecule has 0 fully saturated rings. The lowest BCUT2D eigenvalue weighted by atomic mass is 9.86. The number of nitrogens with zero attached hydrogens (tertiary/aromatic N) is 1. The average molecular weight is 406 g/mol. The summed E-state index contributed by atoms with van der Waals surface area (Å²) in [6, 6.07) is 31.2. The Balaban J connectivity index is 1.76. The van der Waals surface area contributed by atoms with E-state index in [-0.39, 0.29) is 5.41 Å². The third kappa shape index (κ3) is 2.54. The topological polar surface area (TPSA) is 4.93 Å². The van der Waals surface area contributed by atoms with Crippen LogP contribution in [-0.4, -0.2) is 4.57 Å². The van der Waals surface area contributed by atoms with E-state index < -0.39 is 0 Å². The first-order valence-electron chi connectivity index (χ1n) is 10.5. The predicted molar refractivity (Wildman–Crippen MR) is 132 cm³/mol. The van der Waals surface area contributed by atoms with E-state index in [1.165, 1.54) is 53.2 Å². The first-order chi connectivity index (χ1) is 14.5. The second-order valence-corrected chi connectivity index (χ2v) is 10.2. The standard InChI is InChI=1S/C28H23NS/c1-28(2,3)18-13-14-26-22(15-18)23-16-21-20-11-7-8-12-24(20)29(19-9-5-4-6-10-19)25(21)17-27(23)30-26/h4-17H,1-3H3. The summed E-state index contributed by atoms with van der Waals surface area (Å²) in [6.45, 7) is 6.86. The molecule has 2 aromatic heterocycles. The van der Waals surface area contributed by atoms with Crippen molar-refractivity contribution in [3.8, 4) is 5.69 Å². The molecule has 1 nitrogen and oxygen atoms in total. The molecule has 30 heavy (non-hydrogen) atoms. The minimum absolute atomic E-state index is 0.149. The van der Waals surface area contributed by atoms with E-state index in [4.69, 9.17) is 0 Å². The van der Waals surface area contributed by atoms with E-state index in [0.717, 1.165) is 0 Å². The molecule has 0 saturated carbocycles. The molecule has 0 atom stereocenters. The van der Waals surface area contributed by atoms with Gasteiger partial charge in [-0.05, 0) is 53.4 Å². The smallest absolute Gasteiger partial charge is 0.0555 e.